The van der Waals surface area contributed by atoms with Gasteiger partial charge < -0.3 is 10.4 Å². The summed E-state index contributed by atoms with van der Waals surface area (Å²) in [5.41, 5.74) is 0. The van der Waals surface area contributed by atoms with Crippen molar-refractivity contribution >= 4 is 29.3 Å². The van der Waals surface area contributed by atoms with Crippen molar-refractivity contribution in [2.75, 3.05) is 0 Å². The third-order valence-electron chi connectivity index (χ3n) is 1.88. The predicted octanol–water partition coefficient (Wildman–Crippen LogP) is 1.35. The zero-order valence-electron chi connectivity index (χ0n) is 8.92. The van der Waals surface area contributed by atoms with E-state index >= 15 is 0 Å². The first-order chi connectivity index (χ1) is 8.13. The van der Waals surface area contributed by atoms with Gasteiger partial charge in [-0.15, -0.1) is 23.7 Å². The second-order valence-electron chi connectivity index (χ2n) is 3.16. The third-order valence-corrected chi connectivity index (χ3v) is 2.72. The number of aliphatic carboxylic acids is 1. The van der Waals surface area contributed by atoms with Crippen LogP contribution in [0.5, 0.6) is 0 Å². The molecule has 0 spiro atoms. The lowest BCUT2D eigenvalue weighted by Crippen LogP contribution is -2.39. The minimum Gasteiger partial charge on any atom is -0.480 e. The Bertz CT molecular complexity index is 457. The van der Waals surface area contributed by atoms with Crippen LogP contribution >= 0.6 is 11.3 Å². The van der Waals surface area contributed by atoms with Gasteiger partial charge in [-0.05, 0) is 17.5 Å². The van der Waals surface area contributed by atoms with Gasteiger partial charge in [-0.3, -0.25) is 4.79 Å². The Morgan fingerprint density at radius 3 is 2.94 bits per heavy atom. The Kier molecular flexibility index (Phi) is 4.98. The fourth-order valence-electron chi connectivity index (χ4n) is 1.08. The van der Waals surface area contributed by atoms with Crippen LogP contribution in [-0.4, -0.2) is 23.0 Å². The van der Waals surface area contributed by atoms with Gasteiger partial charge in [0.15, 0.2) is 0 Å². The van der Waals surface area contributed by atoms with E-state index in [9.17, 15) is 9.59 Å². The molecular weight excluding hydrogens is 238 g/mol. The largest absolute Gasteiger partial charge is 0.480 e. The average molecular weight is 249 g/mol. The average Bonchev–Trinajstić information content (AvgIpc) is 2.78. The van der Waals surface area contributed by atoms with Crippen molar-refractivity contribution in [3.8, 4) is 12.3 Å². The lowest BCUT2D eigenvalue weighted by atomic mass is 10.2. The molecule has 1 aromatic heterocycles. The van der Waals surface area contributed by atoms with E-state index in [-0.39, 0.29) is 6.42 Å². The molecule has 0 bridgehead atoms. The maximum absolute atomic E-state index is 11.4. The molecule has 88 valence electrons. The molecule has 0 aromatic carbocycles. The molecule has 0 aliphatic carbocycles. The van der Waals surface area contributed by atoms with Crippen LogP contribution in [0, 0.1) is 12.3 Å². The van der Waals surface area contributed by atoms with E-state index in [0.29, 0.717) is 0 Å². The monoisotopic (exact) mass is 249 g/mol. The number of carboxylic acid groups (broad SMARTS) is 1. The number of thiophene rings is 1. The summed E-state index contributed by atoms with van der Waals surface area (Å²) in [6.07, 6.45) is 7.89. The molecule has 4 nitrogen and oxygen atoms in total. The minimum atomic E-state index is -1.14. The number of hydrogen-bond acceptors (Lipinski definition) is 3. The topological polar surface area (TPSA) is 66.4 Å². The summed E-state index contributed by atoms with van der Waals surface area (Å²) >= 11 is 1.48. The molecule has 0 aliphatic heterocycles. The second-order valence-corrected chi connectivity index (χ2v) is 4.14. The van der Waals surface area contributed by atoms with Crippen molar-refractivity contribution < 1.29 is 14.7 Å². The zero-order chi connectivity index (χ0) is 12.7. The van der Waals surface area contributed by atoms with Crippen molar-refractivity contribution in [1.82, 2.24) is 5.32 Å². The first kappa shape index (κ1) is 13.0. The molecule has 0 saturated carbocycles. The number of terminal acetylenes is 1. The molecule has 0 radical (unpaired) electrons. The number of carboxylic acids is 1. The van der Waals surface area contributed by atoms with E-state index in [1.165, 1.54) is 17.4 Å². The van der Waals surface area contributed by atoms with Crippen LogP contribution in [0.25, 0.3) is 6.08 Å². The molecule has 0 fully saturated rings. The molecule has 2 N–H and O–H groups in total. The maximum Gasteiger partial charge on any atom is 0.327 e. The fraction of sp³-hybridized carbons (Fsp3) is 0.167. The molecule has 17 heavy (non-hydrogen) atoms. The van der Waals surface area contributed by atoms with Gasteiger partial charge in [0.1, 0.15) is 6.04 Å². The van der Waals surface area contributed by atoms with Gasteiger partial charge in [0.2, 0.25) is 5.91 Å². The molecule has 0 saturated heterocycles. The molecule has 1 heterocycles. The Morgan fingerprint density at radius 2 is 2.41 bits per heavy atom. The predicted molar refractivity (Wildman–Crippen MR) is 66.4 cm³/mol. The van der Waals surface area contributed by atoms with Crippen molar-refractivity contribution in [2.24, 2.45) is 0 Å². The molecule has 1 amide bonds. The highest BCUT2D eigenvalue weighted by Gasteiger charge is 2.17. The molecule has 1 rings (SSSR count). The number of amides is 1. The highest BCUT2D eigenvalue weighted by atomic mass is 32.1. The summed E-state index contributed by atoms with van der Waals surface area (Å²) in [7, 11) is 0. The molecule has 5 heteroatoms. The van der Waals surface area contributed by atoms with Crippen molar-refractivity contribution in [2.45, 2.75) is 12.5 Å². The van der Waals surface area contributed by atoms with Crippen LogP contribution in [-0.2, 0) is 9.59 Å². The van der Waals surface area contributed by atoms with Crippen molar-refractivity contribution in [3.05, 3.63) is 28.5 Å². The smallest absolute Gasteiger partial charge is 0.327 e. The Balaban J connectivity index is 2.54. The lowest BCUT2D eigenvalue weighted by Gasteiger charge is -2.09. The molecule has 1 atom stereocenters. The Morgan fingerprint density at radius 1 is 1.65 bits per heavy atom. The van der Waals surface area contributed by atoms with Gasteiger partial charge in [0.25, 0.3) is 0 Å². The highest BCUT2D eigenvalue weighted by molar-refractivity contribution is 7.10. The van der Waals surface area contributed by atoms with E-state index in [1.807, 2.05) is 17.5 Å². The van der Waals surface area contributed by atoms with Crippen LogP contribution < -0.4 is 5.32 Å². The van der Waals surface area contributed by atoms with Gasteiger partial charge in [0.05, 0.1) is 0 Å². The van der Waals surface area contributed by atoms with Crippen LogP contribution in [0.3, 0.4) is 0 Å². The number of rotatable bonds is 5. The van der Waals surface area contributed by atoms with Crippen LogP contribution in [0.4, 0.5) is 0 Å². The van der Waals surface area contributed by atoms with E-state index in [1.54, 1.807) is 6.08 Å². The fourth-order valence-corrected chi connectivity index (χ4v) is 1.70. The van der Waals surface area contributed by atoms with Crippen LogP contribution in [0.1, 0.15) is 11.3 Å². The summed E-state index contributed by atoms with van der Waals surface area (Å²) in [4.78, 5) is 23.0. The first-order valence-corrected chi connectivity index (χ1v) is 5.70. The highest BCUT2D eigenvalue weighted by Crippen LogP contribution is 2.09. The van der Waals surface area contributed by atoms with Crippen LogP contribution in [0.2, 0.25) is 0 Å². The van der Waals surface area contributed by atoms with Crippen molar-refractivity contribution in [3.63, 3.8) is 0 Å². The summed E-state index contributed by atoms with van der Waals surface area (Å²) in [6, 6.07) is 2.67. The van der Waals surface area contributed by atoms with E-state index < -0.39 is 17.9 Å². The van der Waals surface area contributed by atoms with Crippen LogP contribution in [0.15, 0.2) is 23.6 Å². The Labute approximate surface area is 103 Å². The number of hydrogen-bond donors (Lipinski definition) is 2. The van der Waals surface area contributed by atoms with E-state index in [0.717, 1.165) is 4.88 Å². The normalized spacial score (nSPS) is 11.9. The van der Waals surface area contributed by atoms with E-state index in [2.05, 4.69) is 11.2 Å². The number of nitrogens with one attached hydrogen (secondary N) is 1. The van der Waals surface area contributed by atoms with E-state index in [4.69, 9.17) is 11.5 Å². The Hall–Kier alpha value is -2.06. The summed E-state index contributed by atoms with van der Waals surface area (Å²) in [5.74, 6) is 0.597. The number of carbonyl (C=O) groups excluding carboxylic acids is 1. The molecule has 0 aliphatic rings. The van der Waals surface area contributed by atoms with Gasteiger partial charge in [0, 0.05) is 17.4 Å². The molecule has 1 unspecified atom stereocenters. The zero-order valence-corrected chi connectivity index (χ0v) is 9.74. The van der Waals surface area contributed by atoms with Gasteiger partial charge in [-0.2, -0.15) is 0 Å². The standard InChI is InChI=1S/C12H11NO3S/c1-2-4-10(12(15)16)13-11(14)7-6-9-5-3-8-17-9/h1,3,5-8,10H,4H2,(H,13,14)(H,15,16)/b7-6+. The molecule has 1 aromatic rings. The second kappa shape index (κ2) is 6.51. The lowest BCUT2D eigenvalue weighted by molar-refractivity contribution is -0.141. The number of carbonyl (C=O) groups is 2. The van der Waals surface area contributed by atoms with Gasteiger partial charge in [-0.25, -0.2) is 4.79 Å². The van der Waals surface area contributed by atoms with Gasteiger partial charge >= 0.3 is 5.97 Å². The first-order valence-electron chi connectivity index (χ1n) is 4.82. The summed E-state index contributed by atoms with van der Waals surface area (Å²) in [5, 5.41) is 13.0. The van der Waals surface area contributed by atoms with Crippen molar-refractivity contribution in [1.29, 1.82) is 0 Å². The third kappa shape index (κ3) is 4.53. The minimum absolute atomic E-state index is 0.0338. The summed E-state index contributed by atoms with van der Waals surface area (Å²) in [6.45, 7) is 0. The quantitative estimate of drug-likeness (QED) is 0.611. The maximum atomic E-state index is 11.4. The SMILES string of the molecule is C#CCC(NC(=O)/C=C/c1cccs1)C(=O)O. The van der Waals surface area contributed by atoms with Gasteiger partial charge in [-0.1, -0.05) is 6.07 Å². The molecular formula is C12H11NO3S. The summed E-state index contributed by atoms with van der Waals surface area (Å²) < 4.78 is 0.